The van der Waals surface area contributed by atoms with E-state index in [1.54, 1.807) is 0 Å². The maximum absolute atomic E-state index is 12.7. The summed E-state index contributed by atoms with van der Waals surface area (Å²) < 4.78 is 13.1. The lowest BCUT2D eigenvalue weighted by Gasteiger charge is -2.33. The molecule has 0 saturated carbocycles. The van der Waals surface area contributed by atoms with E-state index in [0.29, 0.717) is 11.8 Å². The SMILES string of the molecule is Cc1cc2cc3c(cc2n2c(SCC(=O)N4CCCC[C@@H]4C)nnc12)OCO3. The Labute approximate surface area is 167 Å². The topological polar surface area (TPSA) is 69.0 Å². The van der Waals surface area contributed by atoms with Crippen molar-refractivity contribution >= 4 is 34.2 Å². The summed E-state index contributed by atoms with van der Waals surface area (Å²) in [6.07, 6.45) is 3.38. The fourth-order valence-corrected chi connectivity index (χ4v) is 4.90. The first kappa shape index (κ1) is 17.6. The molecule has 1 aromatic carbocycles. The standard InChI is InChI=1S/C20H22N4O3S/c1-12-7-14-8-16-17(27-11-26-16)9-15(14)24-19(12)21-22-20(24)28-10-18(25)23-6-4-3-5-13(23)2/h7-9,13H,3-6,10-11H2,1-2H3/t13-/m0/s1. The molecule has 5 rings (SSSR count). The van der Waals surface area contributed by atoms with Gasteiger partial charge in [0.25, 0.3) is 0 Å². The van der Waals surface area contributed by atoms with Gasteiger partial charge in [0, 0.05) is 24.0 Å². The summed E-state index contributed by atoms with van der Waals surface area (Å²) in [5.74, 6) is 2.01. The smallest absolute Gasteiger partial charge is 0.233 e. The van der Waals surface area contributed by atoms with Crippen molar-refractivity contribution in [3.05, 3.63) is 23.8 Å². The molecular formula is C20H22N4O3S. The molecule has 3 aromatic rings. The van der Waals surface area contributed by atoms with Crippen LogP contribution in [0.2, 0.25) is 0 Å². The van der Waals surface area contributed by atoms with Gasteiger partial charge in [-0.3, -0.25) is 9.20 Å². The zero-order valence-corrected chi connectivity index (χ0v) is 16.8. The van der Waals surface area contributed by atoms with Crippen molar-refractivity contribution in [2.45, 2.75) is 44.3 Å². The molecule has 1 fully saturated rings. The summed E-state index contributed by atoms with van der Waals surface area (Å²) in [6.45, 7) is 5.24. The lowest BCUT2D eigenvalue weighted by atomic mass is 10.0. The number of amides is 1. The van der Waals surface area contributed by atoms with Gasteiger partial charge in [0.2, 0.25) is 12.7 Å². The Bertz CT molecular complexity index is 1080. The Hall–Kier alpha value is -2.48. The molecule has 1 atom stereocenters. The van der Waals surface area contributed by atoms with E-state index in [-0.39, 0.29) is 12.7 Å². The van der Waals surface area contributed by atoms with Crippen LogP contribution in [0.25, 0.3) is 16.6 Å². The van der Waals surface area contributed by atoms with Crippen molar-refractivity contribution in [2.75, 3.05) is 19.1 Å². The molecule has 146 valence electrons. The van der Waals surface area contributed by atoms with Gasteiger partial charge in [-0.05, 0) is 50.8 Å². The Morgan fingerprint density at radius 2 is 2.04 bits per heavy atom. The Morgan fingerprint density at radius 3 is 2.86 bits per heavy atom. The second kappa shape index (κ2) is 6.84. The molecular weight excluding hydrogens is 376 g/mol. The maximum Gasteiger partial charge on any atom is 0.233 e. The highest BCUT2D eigenvalue weighted by molar-refractivity contribution is 7.99. The van der Waals surface area contributed by atoms with Gasteiger partial charge in [-0.1, -0.05) is 11.8 Å². The number of ether oxygens (including phenoxy) is 2. The molecule has 1 saturated heterocycles. The van der Waals surface area contributed by atoms with Crippen LogP contribution in [0.3, 0.4) is 0 Å². The fourth-order valence-electron chi connectivity index (χ4n) is 4.07. The van der Waals surface area contributed by atoms with E-state index in [1.165, 1.54) is 18.2 Å². The summed E-state index contributed by atoms with van der Waals surface area (Å²) in [7, 11) is 0. The molecule has 0 unspecified atom stereocenters. The van der Waals surface area contributed by atoms with Crippen LogP contribution >= 0.6 is 11.8 Å². The number of hydrogen-bond acceptors (Lipinski definition) is 6. The second-order valence-electron chi connectivity index (χ2n) is 7.45. The number of piperidine rings is 1. The molecule has 0 N–H and O–H groups in total. The number of aromatic nitrogens is 3. The number of thioether (sulfide) groups is 1. The number of carbonyl (C=O) groups is 1. The van der Waals surface area contributed by atoms with Crippen LogP contribution in [0.15, 0.2) is 23.4 Å². The summed E-state index contributed by atoms with van der Waals surface area (Å²) in [5.41, 5.74) is 2.78. The number of carbonyl (C=O) groups excluding carboxylic acids is 1. The van der Waals surface area contributed by atoms with Crippen LogP contribution in [-0.4, -0.2) is 50.5 Å². The van der Waals surface area contributed by atoms with Crippen LogP contribution in [-0.2, 0) is 4.79 Å². The summed E-state index contributed by atoms with van der Waals surface area (Å²) in [6, 6.07) is 6.35. The second-order valence-corrected chi connectivity index (χ2v) is 8.40. The van der Waals surface area contributed by atoms with Crippen molar-refractivity contribution in [1.82, 2.24) is 19.5 Å². The van der Waals surface area contributed by atoms with E-state index >= 15 is 0 Å². The van der Waals surface area contributed by atoms with Crippen molar-refractivity contribution < 1.29 is 14.3 Å². The summed E-state index contributed by atoms with van der Waals surface area (Å²) >= 11 is 1.44. The third-order valence-corrected chi connectivity index (χ3v) is 6.48. The van der Waals surface area contributed by atoms with Gasteiger partial charge in [0.1, 0.15) is 0 Å². The van der Waals surface area contributed by atoms with Crippen LogP contribution in [0, 0.1) is 6.92 Å². The molecule has 4 heterocycles. The average molecular weight is 398 g/mol. The van der Waals surface area contributed by atoms with Gasteiger partial charge in [-0.2, -0.15) is 0 Å². The van der Waals surface area contributed by atoms with E-state index < -0.39 is 0 Å². The lowest BCUT2D eigenvalue weighted by molar-refractivity contribution is -0.131. The monoisotopic (exact) mass is 398 g/mol. The van der Waals surface area contributed by atoms with Gasteiger partial charge in [0.15, 0.2) is 22.3 Å². The fraction of sp³-hybridized carbons (Fsp3) is 0.450. The first-order chi connectivity index (χ1) is 13.6. The highest BCUT2D eigenvalue weighted by atomic mass is 32.2. The summed E-state index contributed by atoms with van der Waals surface area (Å²) in [5, 5.41) is 10.5. The van der Waals surface area contributed by atoms with Crippen molar-refractivity contribution in [3.8, 4) is 11.5 Å². The Kier molecular flexibility index (Phi) is 4.30. The molecule has 7 nitrogen and oxygen atoms in total. The predicted octanol–water partition coefficient (Wildman–Crippen LogP) is 3.41. The van der Waals surface area contributed by atoms with Crippen LogP contribution in [0.4, 0.5) is 0 Å². The van der Waals surface area contributed by atoms with E-state index in [4.69, 9.17) is 9.47 Å². The maximum atomic E-state index is 12.7. The van der Waals surface area contributed by atoms with Gasteiger partial charge in [-0.25, -0.2) is 0 Å². The number of benzene rings is 1. The average Bonchev–Trinajstić information content (AvgIpc) is 3.32. The molecule has 2 aromatic heterocycles. The molecule has 2 aliphatic heterocycles. The molecule has 0 spiro atoms. The van der Waals surface area contributed by atoms with E-state index in [2.05, 4.69) is 23.2 Å². The van der Waals surface area contributed by atoms with E-state index in [0.717, 1.165) is 58.2 Å². The Morgan fingerprint density at radius 1 is 1.21 bits per heavy atom. The van der Waals surface area contributed by atoms with Crippen molar-refractivity contribution in [2.24, 2.45) is 0 Å². The van der Waals surface area contributed by atoms with Crippen molar-refractivity contribution in [3.63, 3.8) is 0 Å². The van der Waals surface area contributed by atoms with Crippen LogP contribution < -0.4 is 9.47 Å². The summed E-state index contributed by atoms with van der Waals surface area (Å²) in [4.78, 5) is 14.7. The normalized spacial score (nSPS) is 18.9. The molecule has 1 amide bonds. The molecule has 0 aliphatic carbocycles. The lowest BCUT2D eigenvalue weighted by Crippen LogP contribution is -2.42. The van der Waals surface area contributed by atoms with E-state index in [1.807, 2.05) is 28.4 Å². The molecule has 28 heavy (non-hydrogen) atoms. The number of pyridine rings is 1. The number of rotatable bonds is 3. The van der Waals surface area contributed by atoms with Crippen LogP contribution in [0.1, 0.15) is 31.7 Å². The third-order valence-electron chi connectivity index (χ3n) is 5.57. The number of nitrogens with zero attached hydrogens (tertiary/aromatic N) is 4. The highest BCUT2D eigenvalue weighted by Gasteiger charge is 2.24. The molecule has 0 bridgehead atoms. The zero-order valence-electron chi connectivity index (χ0n) is 16.0. The van der Waals surface area contributed by atoms with Crippen molar-refractivity contribution in [1.29, 1.82) is 0 Å². The quantitative estimate of drug-likeness (QED) is 0.630. The molecule has 8 heteroatoms. The predicted molar refractivity (Wildman–Crippen MR) is 107 cm³/mol. The number of aryl methyl sites for hydroxylation is 1. The minimum absolute atomic E-state index is 0.170. The first-order valence-electron chi connectivity index (χ1n) is 9.62. The number of likely N-dealkylation sites (tertiary alicyclic amines) is 1. The third kappa shape index (κ3) is 2.87. The minimum Gasteiger partial charge on any atom is -0.454 e. The van der Waals surface area contributed by atoms with Gasteiger partial charge in [0.05, 0.1) is 11.3 Å². The van der Waals surface area contributed by atoms with Gasteiger partial charge < -0.3 is 14.4 Å². The largest absolute Gasteiger partial charge is 0.454 e. The van der Waals surface area contributed by atoms with E-state index in [9.17, 15) is 4.79 Å². The first-order valence-corrected chi connectivity index (χ1v) is 10.6. The zero-order chi connectivity index (χ0) is 19.3. The Balaban J connectivity index is 1.49. The number of hydrogen-bond donors (Lipinski definition) is 0. The molecule has 0 radical (unpaired) electrons. The van der Waals surface area contributed by atoms with Gasteiger partial charge >= 0.3 is 0 Å². The minimum atomic E-state index is 0.170. The van der Waals surface area contributed by atoms with Crippen LogP contribution in [0.5, 0.6) is 11.5 Å². The van der Waals surface area contributed by atoms with Gasteiger partial charge in [-0.15, -0.1) is 10.2 Å². The highest BCUT2D eigenvalue weighted by Crippen LogP contribution is 2.37. The number of fused-ring (bicyclic) bond motifs is 4. The molecule has 2 aliphatic rings.